The van der Waals surface area contributed by atoms with Crippen LogP contribution in [0.5, 0.6) is 0 Å². The van der Waals surface area contributed by atoms with Crippen LogP contribution in [-0.4, -0.2) is 31.4 Å². The largest absolute Gasteiger partial charge is 0.369 e. The number of hydrogen-bond acceptors (Lipinski definition) is 3. The Morgan fingerprint density at radius 1 is 1.16 bits per heavy atom. The maximum Gasteiger partial charge on any atom is 0.251 e. The summed E-state index contributed by atoms with van der Waals surface area (Å²) in [7, 11) is 0. The number of hydrogen-bond donors (Lipinski definition) is 3. The third-order valence-electron chi connectivity index (χ3n) is 4.63. The molecule has 5 nitrogen and oxygen atoms in total. The maximum absolute atomic E-state index is 12.3. The van der Waals surface area contributed by atoms with Gasteiger partial charge in [0.25, 0.3) is 5.91 Å². The summed E-state index contributed by atoms with van der Waals surface area (Å²) in [5, 5.41) is 6.28. The molecule has 1 unspecified atom stereocenters. The summed E-state index contributed by atoms with van der Waals surface area (Å²) in [6.45, 7) is 2.18. The lowest BCUT2D eigenvalue weighted by atomic mass is 9.81. The molecule has 0 radical (unpaired) electrons. The van der Waals surface area contributed by atoms with E-state index in [0.717, 1.165) is 37.1 Å². The minimum atomic E-state index is -0.415. The molecule has 1 atom stereocenters. The molecule has 1 aliphatic heterocycles. The number of amides is 2. The molecule has 2 aliphatic rings. The summed E-state index contributed by atoms with van der Waals surface area (Å²) in [5.74, 6) is -0.889. The fraction of sp³-hybridized carbons (Fsp3) is 0.300. The van der Waals surface area contributed by atoms with Crippen molar-refractivity contribution >= 4 is 11.8 Å². The molecule has 0 aromatic heterocycles. The highest BCUT2D eigenvalue weighted by atomic mass is 16.2. The Morgan fingerprint density at radius 2 is 1.88 bits per heavy atom. The number of carbonyl (C=O) groups excluding carboxylic acids is 2. The molecule has 1 heterocycles. The van der Waals surface area contributed by atoms with Crippen LogP contribution in [0.25, 0.3) is 0 Å². The first-order valence-corrected chi connectivity index (χ1v) is 8.59. The van der Waals surface area contributed by atoms with Gasteiger partial charge in [-0.2, -0.15) is 0 Å². The van der Waals surface area contributed by atoms with Crippen molar-refractivity contribution in [2.24, 2.45) is 11.7 Å². The summed E-state index contributed by atoms with van der Waals surface area (Å²) < 4.78 is 0. The van der Waals surface area contributed by atoms with E-state index in [-0.39, 0.29) is 11.8 Å². The molecule has 3 rings (SSSR count). The van der Waals surface area contributed by atoms with E-state index in [1.165, 1.54) is 5.57 Å². The number of rotatable bonds is 4. The Balaban J connectivity index is 1.80. The number of allylic oxidation sites excluding steroid dienone is 2. The number of nitrogens with one attached hydrogen (secondary N) is 2. The fourth-order valence-corrected chi connectivity index (χ4v) is 3.37. The number of piperidine rings is 1. The average Bonchev–Trinajstić information content (AvgIpc) is 2.67. The topological polar surface area (TPSA) is 84.2 Å². The van der Waals surface area contributed by atoms with E-state index in [1.54, 1.807) is 12.1 Å². The summed E-state index contributed by atoms with van der Waals surface area (Å²) >= 11 is 0. The second kappa shape index (κ2) is 7.94. The van der Waals surface area contributed by atoms with Crippen LogP contribution in [0.1, 0.15) is 23.2 Å². The fourth-order valence-electron chi connectivity index (χ4n) is 3.37. The van der Waals surface area contributed by atoms with Crippen molar-refractivity contribution in [3.8, 4) is 0 Å². The van der Waals surface area contributed by atoms with Gasteiger partial charge in [0.05, 0.1) is 5.92 Å². The molecule has 4 N–H and O–H groups in total. The first-order chi connectivity index (χ1) is 12.2. The van der Waals surface area contributed by atoms with Gasteiger partial charge in [-0.1, -0.05) is 42.0 Å². The van der Waals surface area contributed by atoms with Crippen molar-refractivity contribution in [3.63, 3.8) is 0 Å². The van der Waals surface area contributed by atoms with Gasteiger partial charge in [0.2, 0.25) is 5.91 Å². The van der Waals surface area contributed by atoms with Crippen molar-refractivity contribution in [1.82, 2.24) is 10.6 Å². The normalized spacial score (nSPS) is 20.2. The lowest BCUT2D eigenvalue weighted by Gasteiger charge is -2.27. The van der Waals surface area contributed by atoms with E-state index in [9.17, 15) is 9.59 Å². The van der Waals surface area contributed by atoms with Crippen LogP contribution in [0.2, 0.25) is 0 Å². The molecular formula is C20H23N3O2. The van der Waals surface area contributed by atoms with Gasteiger partial charge in [-0.15, -0.1) is 0 Å². The molecule has 1 saturated heterocycles. The second-order valence-electron chi connectivity index (χ2n) is 6.27. The summed E-state index contributed by atoms with van der Waals surface area (Å²) in [4.78, 5) is 24.2. The zero-order chi connectivity index (χ0) is 17.6. The SMILES string of the molecule is NC(=O)C1C=CC=C(CNC(=O)c2ccccc2)C1=C1CCNCC1. The minimum absolute atomic E-state index is 0.124. The van der Waals surface area contributed by atoms with Gasteiger partial charge in [0.1, 0.15) is 0 Å². The van der Waals surface area contributed by atoms with Crippen molar-refractivity contribution in [2.75, 3.05) is 19.6 Å². The van der Waals surface area contributed by atoms with Crippen molar-refractivity contribution < 1.29 is 9.59 Å². The Bertz CT molecular complexity index is 739. The van der Waals surface area contributed by atoms with Crippen LogP contribution in [0.15, 0.2) is 65.3 Å². The van der Waals surface area contributed by atoms with E-state index in [0.29, 0.717) is 12.1 Å². The molecule has 1 fully saturated rings. The molecule has 1 aromatic rings. The van der Waals surface area contributed by atoms with Gasteiger partial charge >= 0.3 is 0 Å². The highest BCUT2D eigenvalue weighted by Gasteiger charge is 2.27. The molecule has 2 amide bonds. The lowest BCUT2D eigenvalue weighted by Crippen LogP contribution is -2.33. The first-order valence-electron chi connectivity index (χ1n) is 8.59. The highest BCUT2D eigenvalue weighted by molar-refractivity contribution is 5.94. The molecule has 0 saturated carbocycles. The maximum atomic E-state index is 12.3. The van der Waals surface area contributed by atoms with Crippen LogP contribution < -0.4 is 16.4 Å². The van der Waals surface area contributed by atoms with Crippen LogP contribution in [0.3, 0.4) is 0 Å². The minimum Gasteiger partial charge on any atom is -0.369 e. The van der Waals surface area contributed by atoms with E-state index in [2.05, 4.69) is 10.6 Å². The third kappa shape index (κ3) is 4.06. The molecule has 0 bridgehead atoms. The van der Waals surface area contributed by atoms with Gasteiger partial charge in [-0.25, -0.2) is 0 Å². The number of carbonyl (C=O) groups is 2. The quantitative estimate of drug-likeness (QED) is 0.782. The van der Waals surface area contributed by atoms with E-state index >= 15 is 0 Å². The molecule has 130 valence electrons. The van der Waals surface area contributed by atoms with E-state index in [1.807, 2.05) is 36.4 Å². The average molecular weight is 337 g/mol. The van der Waals surface area contributed by atoms with E-state index < -0.39 is 5.92 Å². The second-order valence-corrected chi connectivity index (χ2v) is 6.27. The molecule has 1 aromatic carbocycles. The highest BCUT2D eigenvalue weighted by Crippen LogP contribution is 2.32. The van der Waals surface area contributed by atoms with Gasteiger partial charge in [-0.05, 0) is 49.2 Å². The Hall–Kier alpha value is -2.66. The Kier molecular flexibility index (Phi) is 5.46. The lowest BCUT2D eigenvalue weighted by molar-refractivity contribution is -0.119. The predicted molar refractivity (Wildman–Crippen MR) is 97.8 cm³/mol. The molecule has 5 heteroatoms. The van der Waals surface area contributed by atoms with Crippen molar-refractivity contribution in [1.29, 1.82) is 0 Å². The Labute approximate surface area is 147 Å². The van der Waals surface area contributed by atoms with Gasteiger partial charge < -0.3 is 16.4 Å². The van der Waals surface area contributed by atoms with E-state index in [4.69, 9.17) is 5.73 Å². The zero-order valence-corrected chi connectivity index (χ0v) is 14.1. The van der Waals surface area contributed by atoms with Crippen LogP contribution in [0, 0.1) is 5.92 Å². The van der Waals surface area contributed by atoms with Crippen LogP contribution in [-0.2, 0) is 4.79 Å². The number of benzene rings is 1. The Morgan fingerprint density at radius 3 is 2.56 bits per heavy atom. The van der Waals surface area contributed by atoms with Gasteiger partial charge in [0, 0.05) is 12.1 Å². The van der Waals surface area contributed by atoms with Crippen LogP contribution in [0.4, 0.5) is 0 Å². The molecule has 1 aliphatic carbocycles. The molecular weight excluding hydrogens is 314 g/mol. The summed E-state index contributed by atoms with van der Waals surface area (Å²) in [6, 6.07) is 9.11. The smallest absolute Gasteiger partial charge is 0.251 e. The van der Waals surface area contributed by atoms with Crippen molar-refractivity contribution in [2.45, 2.75) is 12.8 Å². The summed E-state index contributed by atoms with van der Waals surface area (Å²) in [6.07, 6.45) is 7.46. The predicted octanol–water partition coefficient (Wildman–Crippen LogP) is 1.69. The number of primary amides is 1. The van der Waals surface area contributed by atoms with Gasteiger partial charge in [-0.3, -0.25) is 9.59 Å². The molecule has 25 heavy (non-hydrogen) atoms. The van der Waals surface area contributed by atoms with Gasteiger partial charge in [0.15, 0.2) is 0 Å². The van der Waals surface area contributed by atoms with Crippen LogP contribution >= 0.6 is 0 Å². The first kappa shape index (κ1) is 17.2. The summed E-state index contributed by atoms with van der Waals surface area (Å²) in [5.41, 5.74) is 9.45. The zero-order valence-electron chi connectivity index (χ0n) is 14.1. The third-order valence-corrected chi connectivity index (χ3v) is 4.63. The molecule has 0 spiro atoms. The number of nitrogens with two attached hydrogens (primary N) is 1. The standard InChI is InChI=1S/C20H23N3O2/c21-19(24)17-8-4-7-16(18(17)14-9-11-22-12-10-14)13-23-20(25)15-5-2-1-3-6-15/h1-8,17,22H,9-13H2,(H2,21,24)(H,23,25). The monoisotopic (exact) mass is 337 g/mol. The van der Waals surface area contributed by atoms with Crippen molar-refractivity contribution in [3.05, 3.63) is 70.8 Å².